The summed E-state index contributed by atoms with van der Waals surface area (Å²) in [6, 6.07) is 8.34. The van der Waals surface area contributed by atoms with Crippen molar-refractivity contribution in [2.45, 2.75) is 20.8 Å². The normalized spacial score (nSPS) is 10.9. The third-order valence-electron chi connectivity index (χ3n) is 3.78. The largest absolute Gasteiger partial charge is 0.368 e. The minimum Gasteiger partial charge on any atom is -0.368 e. The molecule has 0 aliphatic carbocycles. The number of nitrogens with two attached hydrogens (primary N) is 1. The predicted molar refractivity (Wildman–Crippen MR) is 92.9 cm³/mol. The van der Waals surface area contributed by atoms with Gasteiger partial charge in [0.15, 0.2) is 0 Å². The molecule has 0 bridgehead atoms. The Balaban J connectivity index is 2.16. The van der Waals surface area contributed by atoms with Crippen LogP contribution in [0.25, 0.3) is 11.1 Å². The number of benzene rings is 1. The Labute approximate surface area is 132 Å². The van der Waals surface area contributed by atoms with E-state index in [1.54, 1.807) is 6.20 Å². The van der Waals surface area contributed by atoms with E-state index >= 15 is 0 Å². The molecule has 2 rings (SSSR count). The maximum atomic E-state index is 5.74. The third kappa shape index (κ3) is 4.18. The zero-order valence-electron chi connectivity index (χ0n) is 13.6. The van der Waals surface area contributed by atoms with Crippen molar-refractivity contribution in [2.75, 3.05) is 37.2 Å². The van der Waals surface area contributed by atoms with E-state index in [2.05, 4.69) is 65.2 Å². The number of likely N-dealkylation sites (N-methyl/N-ethyl adjacent to an activating group) is 1. The van der Waals surface area contributed by atoms with Gasteiger partial charge >= 0.3 is 0 Å². The number of aryl methyl sites for hydroxylation is 1. The summed E-state index contributed by atoms with van der Waals surface area (Å²) in [5.74, 6) is 1.09. The van der Waals surface area contributed by atoms with Crippen LogP contribution in [0, 0.1) is 6.92 Å². The summed E-state index contributed by atoms with van der Waals surface area (Å²) in [6.45, 7) is 10.3. The maximum absolute atomic E-state index is 5.74. The number of hydrogen-bond donors (Lipinski definition) is 2. The molecule has 0 saturated heterocycles. The van der Waals surface area contributed by atoms with Gasteiger partial charge in [-0.25, -0.2) is 4.98 Å². The van der Waals surface area contributed by atoms with E-state index in [4.69, 9.17) is 5.73 Å². The molecular formula is C17H25N5. The average Bonchev–Trinajstić information content (AvgIpc) is 2.53. The molecule has 5 nitrogen and oxygen atoms in total. The van der Waals surface area contributed by atoms with Gasteiger partial charge in [0, 0.05) is 24.8 Å². The van der Waals surface area contributed by atoms with E-state index in [1.165, 1.54) is 5.56 Å². The average molecular weight is 299 g/mol. The maximum Gasteiger partial charge on any atom is 0.221 e. The smallest absolute Gasteiger partial charge is 0.221 e. The first-order valence-corrected chi connectivity index (χ1v) is 7.79. The summed E-state index contributed by atoms with van der Waals surface area (Å²) in [7, 11) is 0. The SMILES string of the molecule is CCN(CC)CCNc1nc(N)ncc1-c1ccc(C)cc1. The van der Waals surface area contributed by atoms with Crippen molar-refractivity contribution in [3.63, 3.8) is 0 Å². The first-order valence-electron chi connectivity index (χ1n) is 7.79. The predicted octanol–water partition coefficient (Wildman–Crippen LogP) is 2.79. The minimum atomic E-state index is 0.293. The summed E-state index contributed by atoms with van der Waals surface area (Å²) in [4.78, 5) is 10.9. The number of aromatic nitrogens is 2. The Morgan fingerprint density at radius 2 is 1.82 bits per heavy atom. The number of hydrogen-bond acceptors (Lipinski definition) is 5. The van der Waals surface area contributed by atoms with Gasteiger partial charge in [0.1, 0.15) is 5.82 Å². The lowest BCUT2D eigenvalue weighted by molar-refractivity contribution is 0.316. The van der Waals surface area contributed by atoms with Crippen LogP contribution in [-0.4, -0.2) is 41.0 Å². The lowest BCUT2D eigenvalue weighted by Crippen LogP contribution is -2.28. The van der Waals surface area contributed by atoms with Gasteiger partial charge in [-0.1, -0.05) is 43.7 Å². The summed E-state index contributed by atoms with van der Waals surface area (Å²) >= 11 is 0. The third-order valence-corrected chi connectivity index (χ3v) is 3.78. The second-order valence-corrected chi connectivity index (χ2v) is 5.31. The molecule has 0 unspecified atom stereocenters. The molecule has 2 aromatic rings. The minimum absolute atomic E-state index is 0.293. The molecule has 22 heavy (non-hydrogen) atoms. The molecule has 1 aromatic heterocycles. The second-order valence-electron chi connectivity index (χ2n) is 5.31. The zero-order valence-corrected chi connectivity index (χ0v) is 13.6. The molecule has 5 heteroatoms. The highest BCUT2D eigenvalue weighted by atomic mass is 15.1. The molecule has 0 aliphatic rings. The first kappa shape index (κ1) is 16.2. The fourth-order valence-electron chi connectivity index (χ4n) is 2.35. The first-order chi connectivity index (χ1) is 10.6. The van der Waals surface area contributed by atoms with Crippen LogP contribution >= 0.6 is 0 Å². The Bertz CT molecular complexity index is 590. The molecule has 0 radical (unpaired) electrons. The quantitative estimate of drug-likeness (QED) is 0.823. The fraction of sp³-hybridized carbons (Fsp3) is 0.412. The van der Waals surface area contributed by atoms with Gasteiger partial charge in [-0.3, -0.25) is 0 Å². The summed E-state index contributed by atoms with van der Waals surface area (Å²) in [5.41, 5.74) is 9.05. The van der Waals surface area contributed by atoms with Crippen LogP contribution in [0.5, 0.6) is 0 Å². The van der Waals surface area contributed by atoms with Crippen LogP contribution in [0.1, 0.15) is 19.4 Å². The highest BCUT2D eigenvalue weighted by Crippen LogP contribution is 2.26. The van der Waals surface area contributed by atoms with Gasteiger partial charge < -0.3 is 16.0 Å². The summed E-state index contributed by atoms with van der Waals surface area (Å²) < 4.78 is 0. The number of nitrogen functional groups attached to an aromatic ring is 1. The van der Waals surface area contributed by atoms with Crippen LogP contribution in [-0.2, 0) is 0 Å². The van der Waals surface area contributed by atoms with Gasteiger partial charge in [-0.15, -0.1) is 0 Å². The molecular weight excluding hydrogens is 274 g/mol. The van der Waals surface area contributed by atoms with Gasteiger partial charge in [0.05, 0.1) is 0 Å². The molecule has 0 fully saturated rings. The zero-order chi connectivity index (χ0) is 15.9. The standard InChI is InChI=1S/C17H25N5/c1-4-22(5-2)11-10-19-16-15(12-20-17(18)21-16)14-8-6-13(3)7-9-14/h6-9,12H,4-5,10-11H2,1-3H3,(H3,18,19,20,21). The Hall–Kier alpha value is -2.14. The lowest BCUT2D eigenvalue weighted by atomic mass is 10.1. The van der Waals surface area contributed by atoms with E-state index in [-0.39, 0.29) is 0 Å². The van der Waals surface area contributed by atoms with E-state index < -0.39 is 0 Å². The van der Waals surface area contributed by atoms with Crippen molar-refractivity contribution in [3.8, 4) is 11.1 Å². The number of nitrogens with one attached hydrogen (secondary N) is 1. The molecule has 1 heterocycles. The van der Waals surface area contributed by atoms with E-state index in [0.29, 0.717) is 5.95 Å². The van der Waals surface area contributed by atoms with Crippen molar-refractivity contribution < 1.29 is 0 Å². The topological polar surface area (TPSA) is 67.1 Å². The van der Waals surface area contributed by atoms with Gasteiger partial charge in [-0.05, 0) is 25.6 Å². The van der Waals surface area contributed by atoms with Crippen molar-refractivity contribution in [1.82, 2.24) is 14.9 Å². The molecule has 1 aromatic carbocycles. The lowest BCUT2D eigenvalue weighted by Gasteiger charge is -2.19. The van der Waals surface area contributed by atoms with Crippen LogP contribution in [0.2, 0.25) is 0 Å². The number of nitrogens with zero attached hydrogens (tertiary/aromatic N) is 3. The van der Waals surface area contributed by atoms with Crippen molar-refractivity contribution in [1.29, 1.82) is 0 Å². The number of anilines is 2. The van der Waals surface area contributed by atoms with Gasteiger partial charge in [0.2, 0.25) is 5.95 Å². The molecule has 3 N–H and O–H groups in total. The molecule has 0 amide bonds. The Morgan fingerprint density at radius 3 is 2.45 bits per heavy atom. The molecule has 0 aliphatic heterocycles. The van der Waals surface area contributed by atoms with Gasteiger partial charge in [-0.2, -0.15) is 4.98 Å². The molecule has 0 saturated carbocycles. The molecule has 118 valence electrons. The number of rotatable bonds is 7. The summed E-state index contributed by atoms with van der Waals surface area (Å²) in [5, 5.41) is 3.39. The fourth-order valence-corrected chi connectivity index (χ4v) is 2.35. The van der Waals surface area contributed by atoms with Crippen LogP contribution in [0.3, 0.4) is 0 Å². The van der Waals surface area contributed by atoms with Crippen molar-refractivity contribution >= 4 is 11.8 Å². The molecule has 0 atom stereocenters. The molecule has 0 spiro atoms. The highest BCUT2D eigenvalue weighted by Gasteiger charge is 2.08. The van der Waals surface area contributed by atoms with E-state index in [0.717, 1.165) is 43.1 Å². The second kappa shape index (κ2) is 7.75. The van der Waals surface area contributed by atoms with E-state index in [9.17, 15) is 0 Å². The summed E-state index contributed by atoms with van der Waals surface area (Å²) in [6.07, 6.45) is 1.78. The van der Waals surface area contributed by atoms with Gasteiger partial charge in [0.25, 0.3) is 0 Å². The monoisotopic (exact) mass is 299 g/mol. The Kier molecular flexibility index (Phi) is 5.72. The van der Waals surface area contributed by atoms with Crippen molar-refractivity contribution in [2.24, 2.45) is 0 Å². The van der Waals surface area contributed by atoms with Crippen molar-refractivity contribution in [3.05, 3.63) is 36.0 Å². The van der Waals surface area contributed by atoms with E-state index in [1.807, 2.05) is 0 Å². The van der Waals surface area contributed by atoms with Crippen LogP contribution < -0.4 is 11.1 Å². The van der Waals surface area contributed by atoms with Crippen LogP contribution in [0.4, 0.5) is 11.8 Å². The highest BCUT2D eigenvalue weighted by molar-refractivity contribution is 5.75. The van der Waals surface area contributed by atoms with Crippen LogP contribution in [0.15, 0.2) is 30.5 Å². The Morgan fingerprint density at radius 1 is 1.14 bits per heavy atom.